The molecule has 3 aromatic heterocycles. The lowest BCUT2D eigenvalue weighted by atomic mass is 10.1. The highest BCUT2D eigenvalue weighted by atomic mass is 16.2. The summed E-state index contributed by atoms with van der Waals surface area (Å²) in [4.78, 5) is 19.3. The van der Waals surface area contributed by atoms with Crippen LogP contribution < -0.4 is 5.69 Å². The van der Waals surface area contributed by atoms with E-state index in [1.54, 1.807) is 30.7 Å². The van der Waals surface area contributed by atoms with Crippen molar-refractivity contribution >= 4 is 17.1 Å². The molecule has 0 spiro atoms. The molecule has 4 rings (SSSR count). The number of nitrogens with one attached hydrogen (secondary N) is 2. The van der Waals surface area contributed by atoms with Crippen LogP contribution in [0.15, 0.2) is 58.7 Å². The van der Waals surface area contributed by atoms with Gasteiger partial charge in [-0.05, 0) is 25.1 Å². The molecular formula is C17H14N6O. The van der Waals surface area contributed by atoms with Crippen LogP contribution in [0.2, 0.25) is 0 Å². The van der Waals surface area contributed by atoms with Crippen LogP contribution in [0, 0.1) is 6.92 Å². The van der Waals surface area contributed by atoms with E-state index in [1.165, 1.54) is 4.68 Å². The maximum absolute atomic E-state index is 12.0. The molecule has 7 nitrogen and oxygen atoms in total. The van der Waals surface area contributed by atoms with Crippen molar-refractivity contribution in [3.05, 3.63) is 70.5 Å². The van der Waals surface area contributed by atoms with Gasteiger partial charge in [0.2, 0.25) is 0 Å². The minimum absolute atomic E-state index is 0.393. The van der Waals surface area contributed by atoms with Gasteiger partial charge in [-0.1, -0.05) is 18.2 Å². The van der Waals surface area contributed by atoms with Crippen molar-refractivity contribution in [3.63, 3.8) is 0 Å². The maximum atomic E-state index is 12.0. The normalized spacial score (nSPS) is 11.5. The number of para-hydroxylation sites is 1. The van der Waals surface area contributed by atoms with Gasteiger partial charge in [0.05, 0.1) is 6.21 Å². The van der Waals surface area contributed by atoms with Crippen molar-refractivity contribution in [2.75, 3.05) is 0 Å². The van der Waals surface area contributed by atoms with E-state index in [1.807, 2.05) is 31.2 Å². The number of H-pyrrole nitrogens is 2. The molecule has 0 saturated heterocycles. The third-order valence-electron chi connectivity index (χ3n) is 3.83. The van der Waals surface area contributed by atoms with Gasteiger partial charge in [-0.25, -0.2) is 9.89 Å². The van der Waals surface area contributed by atoms with E-state index in [-0.39, 0.29) is 0 Å². The first-order valence-corrected chi connectivity index (χ1v) is 7.43. The highest BCUT2D eigenvalue weighted by Crippen LogP contribution is 2.20. The van der Waals surface area contributed by atoms with Crippen molar-refractivity contribution in [3.8, 4) is 11.4 Å². The summed E-state index contributed by atoms with van der Waals surface area (Å²) >= 11 is 0. The third kappa shape index (κ3) is 2.32. The number of fused-ring (bicyclic) bond motifs is 1. The van der Waals surface area contributed by atoms with Crippen molar-refractivity contribution in [2.45, 2.75) is 6.92 Å². The monoisotopic (exact) mass is 318 g/mol. The quantitative estimate of drug-likeness (QED) is 0.568. The summed E-state index contributed by atoms with van der Waals surface area (Å²) < 4.78 is 1.25. The van der Waals surface area contributed by atoms with Gasteiger partial charge >= 0.3 is 5.69 Å². The number of aryl methyl sites for hydroxylation is 1. The largest absolute Gasteiger partial charge is 0.364 e. The van der Waals surface area contributed by atoms with Gasteiger partial charge in [0.15, 0.2) is 5.82 Å². The molecule has 0 radical (unpaired) electrons. The predicted molar refractivity (Wildman–Crippen MR) is 92.1 cm³/mol. The lowest BCUT2D eigenvalue weighted by Gasteiger charge is -1.99. The van der Waals surface area contributed by atoms with E-state index >= 15 is 0 Å². The van der Waals surface area contributed by atoms with Crippen molar-refractivity contribution in [1.82, 2.24) is 24.8 Å². The lowest BCUT2D eigenvalue weighted by molar-refractivity contribution is 0.842. The molecule has 0 amide bonds. The minimum Gasteiger partial charge on any atom is -0.358 e. The molecule has 7 heteroatoms. The average Bonchev–Trinajstić information content (AvgIpc) is 3.13. The van der Waals surface area contributed by atoms with Crippen molar-refractivity contribution < 1.29 is 0 Å². The summed E-state index contributed by atoms with van der Waals surface area (Å²) in [6, 6.07) is 11.5. The Morgan fingerprint density at radius 2 is 1.96 bits per heavy atom. The number of pyridine rings is 1. The molecule has 0 saturated carbocycles. The molecule has 118 valence electrons. The molecule has 3 heterocycles. The molecule has 0 unspecified atom stereocenters. The van der Waals surface area contributed by atoms with Gasteiger partial charge in [0.25, 0.3) is 0 Å². The van der Waals surface area contributed by atoms with Crippen LogP contribution in [0.5, 0.6) is 0 Å². The predicted octanol–water partition coefficient (Wildman–Crippen LogP) is 2.31. The Hall–Kier alpha value is -3.48. The van der Waals surface area contributed by atoms with Crippen LogP contribution in [-0.4, -0.2) is 31.1 Å². The molecule has 1 aromatic carbocycles. The smallest absolute Gasteiger partial charge is 0.358 e. The number of hydrogen-bond acceptors (Lipinski definition) is 4. The Balaban J connectivity index is 1.81. The zero-order valence-electron chi connectivity index (χ0n) is 12.9. The van der Waals surface area contributed by atoms with E-state index < -0.39 is 5.69 Å². The molecule has 24 heavy (non-hydrogen) atoms. The van der Waals surface area contributed by atoms with Crippen LogP contribution in [0.3, 0.4) is 0 Å². The molecule has 4 aromatic rings. The van der Waals surface area contributed by atoms with Crippen LogP contribution in [0.4, 0.5) is 0 Å². The zero-order valence-corrected chi connectivity index (χ0v) is 12.9. The first kappa shape index (κ1) is 14.1. The fraction of sp³-hybridized carbons (Fsp3) is 0.0588. The molecule has 0 fully saturated rings. The molecular weight excluding hydrogens is 304 g/mol. The zero-order chi connectivity index (χ0) is 16.5. The summed E-state index contributed by atoms with van der Waals surface area (Å²) in [5.74, 6) is 0.441. The second-order valence-electron chi connectivity index (χ2n) is 5.35. The number of benzene rings is 1. The average molecular weight is 318 g/mol. The van der Waals surface area contributed by atoms with Gasteiger partial charge in [-0.3, -0.25) is 4.98 Å². The molecule has 0 aliphatic heterocycles. The van der Waals surface area contributed by atoms with Crippen molar-refractivity contribution in [2.24, 2.45) is 5.10 Å². The lowest BCUT2D eigenvalue weighted by Crippen LogP contribution is -2.13. The van der Waals surface area contributed by atoms with E-state index in [0.29, 0.717) is 5.82 Å². The van der Waals surface area contributed by atoms with Crippen LogP contribution >= 0.6 is 0 Å². The van der Waals surface area contributed by atoms with Gasteiger partial charge < -0.3 is 4.98 Å². The van der Waals surface area contributed by atoms with E-state index in [4.69, 9.17) is 0 Å². The Kier molecular flexibility index (Phi) is 3.31. The van der Waals surface area contributed by atoms with Crippen LogP contribution in [-0.2, 0) is 0 Å². The summed E-state index contributed by atoms with van der Waals surface area (Å²) in [6.45, 7) is 1.98. The Labute approximate surface area is 136 Å². The number of hydrogen-bond donors (Lipinski definition) is 2. The summed E-state index contributed by atoms with van der Waals surface area (Å²) in [5.41, 5.74) is 3.33. The van der Waals surface area contributed by atoms with Gasteiger partial charge in [-0.2, -0.15) is 14.9 Å². The molecule has 0 aliphatic rings. The summed E-state index contributed by atoms with van der Waals surface area (Å²) in [5, 5.41) is 11.9. The van der Waals surface area contributed by atoms with Gasteiger partial charge in [-0.15, -0.1) is 0 Å². The fourth-order valence-electron chi connectivity index (χ4n) is 2.67. The minimum atomic E-state index is -0.393. The van der Waals surface area contributed by atoms with Crippen LogP contribution in [0.1, 0.15) is 11.3 Å². The molecule has 2 N–H and O–H groups in total. The standard InChI is InChI=1S/C17H14N6O/c1-11-14(13-4-2-3-5-15(13)20-11)10-19-23-16(21-22-17(23)24)12-6-8-18-9-7-12/h2-10,20H,1H3,(H,22,24)/b19-10+. The van der Waals surface area contributed by atoms with Gasteiger partial charge in [0, 0.05) is 40.1 Å². The highest BCUT2D eigenvalue weighted by molar-refractivity contribution is 6.00. The Bertz CT molecular complexity index is 1090. The summed E-state index contributed by atoms with van der Waals surface area (Å²) in [7, 11) is 0. The maximum Gasteiger partial charge on any atom is 0.364 e. The Morgan fingerprint density at radius 1 is 1.17 bits per heavy atom. The first-order chi connectivity index (χ1) is 11.7. The molecule has 0 bridgehead atoms. The van der Waals surface area contributed by atoms with Crippen LogP contribution in [0.25, 0.3) is 22.3 Å². The molecule has 0 atom stereocenters. The second kappa shape index (κ2) is 5.62. The third-order valence-corrected chi connectivity index (χ3v) is 3.83. The topological polar surface area (TPSA) is 91.7 Å². The van der Waals surface area contributed by atoms with E-state index in [9.17, 15) is 4.79 Å². The number of aromatic amines is 2. The second-order valence-corrected chi connectivity index (χ2v) is 5.35. The summed E-state index contributed by atoms with van der Waals surface area (Å²) in [6.07, 6.45) is 4.97. The van der Waals surface area contributed by atoms with E-state index in [2.05, 4.69) is 25.3 Å². The van der Waals surface area contributed by atoms with E-state index in [0.717, 1.165) is 27.7 Å². The number of nitrogens with zero attached hydrogens (tertiary/aromatic N) is 4. The Morgan fingerprint density at radius 3 is 2.79 bits per heavy atom. The number of rotatable bonds is 3. The SMILES string of the molecule is Cc1[nH]c2ccccc2c1/C=N/n1c(-c2ccncc2)n[nH]c1=O. The number of aromatic nitrogens is 5. The van der Waals surface area contributed by atoms with Crippen molar-refractivity contribution in [1.29, 1.82) is 0 Å². The molecule has 0 aliphatic carbocycles. The first-order valence-electron chi connectivity index (χ1n) is 7.43. The fourth-order valence-corrected chi connectivity index (χ4v) is 2.67. The highest BCUT2D eigenvalue weighted by Gasteiger charge is 2.10. The van der Waals surface area contributed by atoms with Gasteiger partial charge in [0.1, 0.15) is 0 Å².